The first-order valence-corrected chi connectivity index (χ1v) is 12.1. The number of rotatable bonds is 6. The number of amides is 1. The summed E-state index contributed by atoms with van der Waals surface area (Å²) >= 11 is 0. The number of hydrogen-bond acceptors (Lipinski definition) is 5. The minimum Gasteiger partial charge on any atom is -0.465 e. The first-order valence-electron chi connectivity index (χ1n) is 12.1. The van der Waals surface area contributed by atoms with E-state index in [4.69, 9.17) is 9.47 Å². The van der Waals surface area contributed by atoms with Gasteiger partial charge in [0.2, 0.25) is 0 Å². The number of benzene rings is 2. The molecule has 0 aliphatic carbocycles. The van der Waals surface area contributed by atoms with E-state index in [1.165, 1.54) is 17.0 Å². The van der Waals surface area contributed by atoms with Crippen molar-refractivity contribution in [2.75, 3.05) is 50.9 Å². The number of H-pyrrole nitrogens is 1. The molecule has 2 aliphatic heterocycles. The highest BCUT2D eigenvalue weighted by atomic mass is 19.1. The van der Waals surface area contributed by atoms with Crippen LogP contribution >= 0.6 is 0 Å². The van der Waals surface area contributed by atoms with Crippen molar-refractivity contribution in [1.82, 2.24) is 15.1 Å². The van der Waals surface area contributed by atoms with Gasteiger partial charge in [-0.05, 0) is 49.6 Å². The molecule has 2 aliphatic rings. The van der Waals surface area contributed by atoms with Crippen molar-refractivity contribution in [2.24, 2.45) is 0 Å². The Morgan fingerprint density at radius 2 is 1.91 bits per heavy atom. The van der Waals surface area contributed by atoms with Crippen LogP contribution in [0.15, 0.2) is 42.6 Å². The summed E-state index contributed by atoms with van der Waals surface area (Å²) in [7, 11) is 0. The van der Waals surface area contributed by atoms with Gasteiger partial charge in [-0.25, -0.2) is 9.18 Å². The van der Waals surface area contributed by atoms with E-state index in [1.807, 2.05) is 13.1 Å². The lowest BCUT2D eigenvalue weighted by Crippen LogP contribution is -2.47. The Morgan fingerprint density at radius 1 is 1.20 bits per heavy atom. The van der Waals surface area contributed by atoms with Gasteiger partial charge in [-0.3, -0.25) is 5.10 Å². The maximum absolute atomic E-state index is 13.7. The van der Waals surface area contributed by atoms with Gasteiger partial charge in [-0.1, -0.05) is 12.1 Å². The topological polar surface area (TPSA) is 90.9 Å². The Bertz CT molecular complexity index is 1170. The average molecular weight is 483 g/mol. The molecule has 2 saturated heterocycles. The molecule has 2 fully saturated rings. The van der Waals surface area contributed by atoms with Crippen molar-refractivity contribution in [3.8, 4) is 0 Å². The van der Waals surface area contributed by atoms with Crippen molar-refractivity contribution in [3.05, 3.63) is 59.5 Å². The van der Waals surface area contributed by atoms with Crippen LogP contribution < -0.4 is 4.90 Å². The van der Waals surface area contributed by atoms with Gasteiger partial charge in [-0.2, -0.15) is 5.10 Å². The largest absolute Gasteiger partial charge is 0.465 e. The quantitative estimate of drug-likeness (QED) is 0.544. The van der Waals surface area contributed by atoms with Crippen LogP contribution in [0.1, 0.15) is 37.0 Å². The van der Waals surface area contributed by atoms with E-state index in [9.17, 15) is 14.3 Å². The van der Waals surface area contributed by atoms with Crippen molar-refractivity contribution in [3.63, 3.8) is 0 Å². The normalized spacial score (nSPS) is 19.1. The number of aromatic amines is 1. The van der Waals surface area contributed by atoms with Gasteiger partial charge < -0.3 is 24.4 Å². The molecule has 0 saturated carbocycles. The molecule has 186 valence electrons. The van der Waals surface area contributed by atoms with Crippen LogP contribution in [0.3, 0.4) is 0 Å². The van der Waals surface area contributed by atoms with Gasteiger partial charge in [0.1, 0.15) is 5.82 Å². The fourth-order valence-corrected chi connectivity index (χ4v) is 5.21. The lowest BCUT2D eigenvalue weighted by molar-refractivity contribution is 0.00557. The van der Waals surface area contributed by atoms with E-state index in [0.717, 1.165) is 40.8 Å². The van der Waals surface area contributed by atoms with E-state index in [1.54, 1.807) is 12.1 Å². The molecule has 2 aromatic carbocycles. The molecule has 0 spiro atoms. The van der Waals surface area contributed by atoms with Crippen LogP contribution in [-0.2, 0) is 14.9 Å². The molecule has 1 atom stereocenters. The Hall–Kier alpha value is -3.17. The van der Waals surface area contributed by atoms with E-state index in [-0.39, 0.29) is 17.3 Å². The zero-order chi connectivity index (χ0) is 24.4. The first kappa shape index (κ1) is 23.6. The van der Waals surface area contributed by atoms with Crippen LogP contribution in [0.4, 0.5) is 14.9 Å². The summed E-state index contributed by atoms with van der Waals surface area (Å²) in [6.45, 7) is 6.37. The summed E-state index contributed by atoms with van der Waals surface area (Å²) in [4.78, 5) is 15.2. The Kier molecular flexibility index (Phi) is 6.62. The molecular weight excluding hydrogens is 451 g/mol. The number of fused-ring (bicyclic) bond motifs is 1. The van der Waals surface area contributed by atoms with Gasteiger partial charge >= 0.3 is 6.09 Å². The fraction of sp³-hybridized carbons (Fsp3) is 0.462. The third-order valence-electron chi connectivity index (χ3n) is 7.44. The van der Waals surface area contributed by atoms with Crippen LogP contribution in [-0.4, -0.2) is 72.3 Å². The molecule has 1 amide bonds. The first-order chi connectivity index (χ1) is 16.9. The Morgan fingerprint density at radius 3 is 2.60 bits per heavy atom. The van der Waals surface area contributed by atoms with E-state index in [2.05, 4.69) is 27.2 Å². The fourth-order valence-electron chi connectivity index (χ4n) is 5.21. The maximum atomic E-state index is 13.7. The molecule has 0 radical (unpaired) electrons. The number of nitrogens with one attached hydrogen (secondary N) is 1. The molecule has 9 heteroatoms. The molecule has 0 bridgehead atoms. The van der Waals surface area contributed by atoms with Crippen molar-refractivity contribution in [1.29, 1.82) is 0 Å². The number of halogens is 1. The van der Waals surface area contributed by atoms with Crippen molar-refractivity contribution >= 4 is 22.7 Å². The van der Waals surface area contributed by atoms with Crippen LogP contribution in [0, 0.1) is 5.82 Å². The molecule has 1 unspecified atom stereocenters. The second-order valence-electron chi connectivity index (χ2n) is 9.48. The van der Waals surface area contributed by atoms with Gasteiger partial charge in [0.25, 0.3) is 0 Å². The third kappa shape index (κ3) is 4.83. The second kappa shape index (κ2) is 9.83. The molecule has 5 rings (SSSR count). The van der Waals surface area contributed by atoms with Crippen LogP contribution in [0.2, 0.25) is 0 Å². The monoisotopic (exact) mass is 482 g/mol. The molecule has 35 heavy (non-hydrogen) atoms. The summed E-state index contributed by atoms with van der Waals surface area (Å²) in [6, 6.07) is 10.8. The lowest BCUT2D eigenvalue weighted by Gasteiger charge is -2.41. The van der Waals surface area contributed by atoms with E-state index >= 15 is 0 Å². The number of piperidine rings is 1. The summed E-state index contributed by atoms with van der Waals surface area (Å²) in [6.07, 6.45) is 1.93. The van der Waals surface area contributed by atoms with Crippen molar-refractivity contribution < 1.29 is 23.8 Å². The number of ether oxygens (including phenoxy) is 2. The van der Waals surface area contributed by atoms with Crippen molar-refractivity contribution in [2.45, 2.75) is 31.3 Å². The minimum atomic E-state index is -0.909. The number of aromatic nitrogens is 2. The number of carbonyl (C=O) groups is 1. The summed E-state index contributed by atoms with van der Waals surface area (Å²) in [5.74, 6) is -0.289. The lowest BCUT2D eigenvalue weighted by atomic mass is 9.73. The molecule has 3 aromatic rings. The zero-order valence-electron chi connectivity index (χ0n) is 19.9. The smallest absolute Gasteiger partial charge is 0.407 e. The number of anilines is 1. The number of morpholine rings is 1. The summed E-state index contributed by atoms with van der Waals surface area (Å²) < 4.78 is 25.7. The van der Waals surface area contributed by atoms with Gasteiger partial charge in [0, 0.05) is 48.2 Å². The third-order valence-corrected chi connectivity index (χ3v) is 7.44. The van der Waals surface area contributed by atoms with E-state index < -0.39 is 6.09 Å². The predicted octanol–water partition coefficient (Wildman–Crippen LogP) is 4.33. The predicted molar refractivity (Wildman–Crippen MR) is 130 cm³/mol. The standard InChI is InChI=1S/C26H31FN4O4/c1-18(23-15-22(30-10-12-34-13-11-30)14-19-16-28-29-24(19)23)35-17-26(20-2-4-21(27)5-3-20)6-8-31(9-7-26)25(32)33/h2-5,14-16,18H,6-13,17H2,1H3,(H,28,29)(H,32,33). The molecule has 1 aromatic heterocycles. The molecule has 2 N–H and O–H groups in total. The number of nitrogens with zero attached hydrogens (tertiary/aromatic N) is 3. The van der Waals surface area contributed by atoms with Crippen LogP contribution in [0.5, 0.6) is 0 Å². The highest BCUT2D eigenvalue weighted by Crippen LogP contribution is 2.38. The summed E-state index contributed by atoms with van der Waals surface area (Å²) in [5.41, 5.74) is 3.69. The number of hydrogen-bond donors (Lipinski definition) is 2. The second-order valence-corrected chi connectivity index (χ2v) is 9.48. The van der Waals surface area contributed by atoms with Gasteiger partial charge in [0.15, 0.2) is 0 Å². The molecular formula is C26H31FN4O4. The zero-order valence-corrected chi connectivity index (χ0v) is 19.9. The Labute approximate surface area is 203 Å². The minimum absolute atomic E-state index is 0.228. The number of likely N-dealkylation sites (tertiary alicyclic amines) is 1. The average Bonchev–Trinajstić information content (AvgIpc) is 3.37. The summed E-state index contributed by atoms with van der Waals surface area (Å²) in [5, 5.41) is 17.8. The highest BCUT2D eigenvalue weighted by molar-refractivity contribution is 5.86. The van der Waals surface area contributed by atoms with Gasteiger partial charge in [-0.15, -0.1) is 0 Å². The highest BCUT2D eigenvalue weighted by Gasteiger charge is 2.38. The molecule has 8 nitrogen and oxygen atoms in total. The molecule has 3 heterocycles. The van der Waals surface area contributed by atoms with E-state index in [0.29, 0.717) is 45.8 Å². The maximum Gasteiger partial charge on any atom is 0.407 e. The number of carboxylic acid groups (broad SMARTS) is 1. The van der Waals surface area contributed by atoms with Gasteiger partial charge in [0.05, 0.1) is 37.6 Å². The SMILES string of the molecule is CC(OCC1(c2ccc(F)cc2)CCN(C(=O)O)CC1)c1cc(N2CCOCC2)cc2cn[nH]c12. The van der Waals surface area contributed by atoms with Crippen LogP contribution in [0.25, 0.3) is 10.9 Å². The Balaban J connectivity index is 1.40.